The molecule has 106 valence electrons. The third-order valence-electron chi connectivity index (χ3n) is 4.85. The fraction of sp³-hybridized carbons (Fsp3) is 0.588. The molecule has 1 fully saturated rings. The van der Waals surface area contributed by atoms with E-state index < -0.39 is 11.5 Å². The Morgan fingerprint density at radius 2 is 2.00 bits per heavy atom. The fourth-order valence-electron chi connectivity index (χ4n) is 3.62. The minimum Gasteiger partial charge on any atom is -0.492 e. The van der Waals surface area contributed by atoms with Gasteiger partial charge < -0.3 is 9.84 Å². The molecule has 0 spiro atoms. The maximum Gasteiger partial charge on any atom is 0.122 e. The number of ether oxygens (including phenoxy) is 1. The highest BCUT2D eigenvalue weighted by molar-refractivity contribution is 5.38. The van der Waals surface area contributed by atoms with Crippen LogP contribution in [0.5, 0.6) is 5.75 Å². The van der Waals surface area contributed by atoms with Gasteiger partial charge in [0.25, 0.3) is 0 Å². The van der Waals surface area contributed by atoms with E-state index in [4.69, 9.17) is 4.74 Å². The zero-order valence-electron chi connectivity index (χ0n) is 11.7. The smallest absolute Gasteiger partial charge is 0.122 e. The molecule has 0 aromatic heterocycles. The Balaban J connectivity index is 1.84. The van der Waals surface area contributed by atoms with Crippen LogP contribution < -0.4 is 4.74 Å². The Morgan fingerprint density at radius 3 is 2.75 bits per heavy atom. The molecule has 0 radical (unpaired) electrons. The summed E-state index contributed by atoms with van der Waals surface area (Å²) < 4.78 is 5.76. The number of aliphatic hydroxyl groups is 1. The van der Waals surface area contributed by atoms with Crippen LogP contribution in [0.15, 0.2) is 24.3 Å². The number of hydrogen-bond acceptors (Lipinski definition) is 3. The molecule has 1 heterocycles. The number of nitrogens with zero attached hydrogens (tertiary/aromatic N) is 1. The minimum atomic E-state index is -0.781. The lowest BCUT2D eigenvalue weighted by molar-refractivity contribution is -0.0300. The van der Waals surface area contributed by atoms with Crippen molar-refractivity contribution in [2.75, 3.05) is 6.61 Å². The molecule has 1 aliphatic carbocycles. The van der Waals surface area contributed by atoms with Gasteiger partial charge >= 0.3 is 0 Å². The maximum absolute atomic E-state index is 10.8. The summed E-state index contributed by atoms with van der Waals surface area (Å²) in [5.74, 6) is 1.10. The standard InChI is InChI=1S/C17H21NO2/c18-11-17(16(19)13-6-2-1-3-7-13)10-14-8-4-5-9-15(14)20-12-17/h4-5,8-9,13,16,19H,1-3,6-7,10,12H2. The lowest BCUT2D eigenvalue weighted by Crippen LogP contribution is -2.47. The van der Waals surface area contributed by atoms with Crippen LogP contribution in [0, 0.1) is 22.7 Å². The molecule has 2 unspecified atom stereocenters. The average Bonchev–Trinajstić information content (AvgIpc) is 2.54. The summed E-state index contributed by atoms with van der Waals surface area (Å²) in [5.41, 5.74) is 0.256. The molecule has 1 aromatic rings. The van der Waals surface area contributed by atoms with Gasteiger partial charge in [0.2, 0.25) is 0 Å². The molecule has 0 saturated heterocycles. The molecule has 1 saturated carbocycles. The Bertz CT molecular complexity index is 516. The molecule has 3 heteroatoms. The quantitative estimate of drug-likeness (QED) is 0.899. The van der Waals surface area contributed by atoms with Gasteiger partial charge in [-0.15, -0.1) is 0 Å². The first kappa shape index (κ1) is 13.5. The largest absolute Gasteiger partial charge is 0.492 e. The van der Waals surface area contributed by atoms with Gasteiger partial charge in [-0.2, -0.15) is 5.26 Å². The second kappa shape index (κ2) is 5.46. The lowest BCUT2D eigenvalue weighted by Gasteiger charge is -2.40. The van der Waals surface area contributed by atoms with Crippen LogP contribution in [-0.2, 0) is 6.42 Å². The fourth-order valence-corrected chi connectivity index (χ4v) is 3.62. The third-order valence-corrected chi connectivity index (χ3v) is 4.85. The van der Waals surface area contributed by atoms with E-state index in [0.717, 1.165) is 24.2 Å². The van der Waals surface area contributed by atoms with Gasteiger partial charge in [0, 0.05) is 6.42 Å². The molecule has 3 nitrogen and oxygen atoms in total. The van der Waals surface area contributed by atoms with Crippen LogP contribution in [-0.4, -0.2) is 17.8 Å². The lowest BCUT2D eigenvalue weighted by atomic mass is 9.69. The van der Waals surface area contributed by atoms with Crippen molar-refractivity contribution in [3.8, 4) is 11.8 Å². The van der Waals surface area contributed by atoms with E-state index in [9.17, 15) is 10.4 Å². The molecular weight excluding hydrogens is 250 g/mol. The number of fused-ring (bicyclic) bond motifs is 1. The molecule has 1 N–H and O–H groups in total. The Morgan fingerprint density at radius 1 is 1.25 bits per heavy atom. The highest BCUT2D eigenvalue weighted by Crippen LogP contribution is 2.41. The van der Waals surface area contributed by atoms with Crippen molar-refractivity contribution in [2.45, 2.75) is 44.6 Å². The highest BCUT2D eigenvalue weighted by atomic mass is 16.5. The Hall–Kier alpha value is -1.53. The van der Waals surface area contributed by atoms with Crippen molar-refractivity contribution in [1.82, 2.24) is 0 Å². The van der Waals surface area contributed by atoms with E-state index >= 15 is 0 Å². The summed E-state index contributed by atoms with van der Waals surface area (Å²) >= 11 is 0. The van der Waals surface area contributed by atoms with Crippen molar-refractivity contribution in [3.05, 3.63) is 29.8 Å². The van der Waals surface area contributed by atoms with E-state index in [2.05, 4.69) is 6.07 Å². The minimum absolute atomic E-state index is 0.247. The Labute approximate surface area is 120 Å². The van der Waals surface area contributed by atoms with Crippen LogP contribution in [0.2, 0.25) is 0 Å². The normalized spacial score (nSPS) is 28.0. The molecule has 0 amide bonds. The van der Waals surface area contributed by atoms with Gasteiger partial charge in [-0.25, -0.2) is 0 Å². The van der Waals surface area contributed by atoms with Crippen molar-refractivity contribution < 1.29 is 9.84 Å². The molecule has 2 atom stereocenters. The molecule has 2 aliphatic rings. The van der Waals surface area contributed by atoms with E-state index in [1.54, 1.807) is 0 Å². The van der Waals surface area contributed by atoms with Crippen molar-refractivity contribution in [3.63, 3.8) is 0 Å². The predicted octanol–water partition coefficient (Wildman–Crippen LogP) is 3.07. The number of benzene rings is 1. The first-order valence-corrected chi connectivity index (χ1v) is 7.55. The summed E-state index contributed by atoms with van der Waals surface area (Å²) in [6.45, 7) is 0.304. The molecule has 1 aliphatic heterocycles. The topological polar surface area (TPSA) is 53.2 Å². The van der Waals surface area contributed by atoms with E-state index in [0.29, 0.717) is 13.0 Å². The number of para-hydroxylation sites is 1. The molecule has 0 bridgehead atoms. The first-order chi connectivity index (χ1) is 9.75. The number of rotatable bonds is 2. The van der Waals surface area contributed by atoms with Gasteiger partial charge in [-0.05, 0) is 30.4 Å². The average molecular weight is 271 g/mol. The first-order valence-electron chi connectivity index (χ1n) is 7.55. The predicted molar refractivity (Wildman–Crippen MR) is 76.3 cm³/mol. The van der Waals surface area contributed by atoms with Crippen LogP contribution in [0.4, 0.5) is 0 Å². The van der Waals surface area contributed by atoms with Crippen LogP contribution in [0.1, 0.15) is 37.7 Å². The van der Waals surface area contributed by atoms with Crippen molar-refractivity contribution in [1.29, 1.82) is 5.26 Å². The number of aliphatic hydroxyl groups excluding tert-OH is 1. The van der Waals surface area contributed by atoms with Gasteiger partial charge in [0.05, 0.1) is 12.2 Å². The van der Waals surface area contributed by atoms with Crippen molar-refractivity contribution in [2.24, 2.45) is 11.3 Å². The van der Waals surface area contributed by atoms with Crippen LogP contribution >= 0.6 is 0 Å². The zero-order valence-corrected chi connectivity index (χ0v) is 11.7. The summed E-state index contributed by atoms with van der Waals surface area (Å²) in [6.07, 6.45) is 5.67. The van der Waals surface area contributed by atoms with Gasteiger partial charge in [-0.3, -0.25) is 0 Å². The third kappa shape index (κ3) is 2.29. The van der Waals surface area contributed by atoms with Crippen molar-refractivity contribution >= 4 is 0 Å². The monoisotopic (exact) mass is 271 g/mol. The van der Waals surface area contributed by atoms with Crippen LogP contribution in [0.3, 0.4) is 0 Å². The van der Waals surface area contributed by atoms with Gasteiger partial charge in [-0.1, -0.05) is 37.5 Å². The van der Waals surface area contributed by atoms with Gasteiger partial charge in [0.1, 0.15) is 17.8 Å². The maximum atomic E-state index is 10.8. The number of nitriles is 1. The SMILES string of the molecule is N#CC1(C(O)C2CCCCC2)COc2ccccc2C1. The zero-order chi connectivity index (χ0) is 14.0. The highest BCUT2D eigenvalue weighted by Gasteiger charge is 2.46. The van der Waals surface area contributed by atoms with E-state index in [-0.39, 0.29) is 5.92 Å². The summed E-state index contributed by atoms with van der Waals surface area (Å²) in [6, 6.07) is 10.2. The summed E-state index contributed by atoms with van der Waals surface area (Å²) in [7, 11) is 0. The van der Waals surface area contributed by atoms with Crippen LogP contribution in [0.25, 0.3) is 0 Å². The summed E-state index contributed by atoms with van der Waals surface area (Å²) in [5, 5.41) is 20.5. The molecule has 1 aromatic carbocycles. The summed E-state index contributed by atoms with van der Waals surface area (Å²) in [4.78, 5) is 0. The molecule has 3 rings (SSSR count). The number of hydrogen-bond donors (Lipinski definition) is 1. The Kier molecular flexibility index (Phi) is 3.67. The second-order valence-electron chi connectivity index (χ2n) is 6.18. The second-order valence-corrected chi connectivity index (χ2v) is 6.18. The van der Waals surface area contributed by atoms with E-state index in [1.165, 1.54) is 19.3 Å². The molecule has 20 heavy (non-hydrogen) atoms. The van der Waals surface area contributed by atoms with E-state index in [1.807, 2.05) is 24.3 Å². The molecular formula is C17H21NO2. The van der Waals surface area contributed by atoms with Gasteiger partial charge in [0.15, 0.2) is 0 Å².